The van der Waals surface area contributed by atoms with E-state index in [2.05, 4.69) is 22.1 Å². The van der Waals surface area contributed by atoms with Crippen molar-refractivity contribution in [1.29, 1.82) is 0 Å². The number of rotatable bonds is 6. The van der Waals surface area contributed by atoms with Gasteiger partial charge in [0.15, 0.2) is 5.78 Å². The highest BCUT2D eigenvalue weighted by Crippen LogP contribution is 2.30. The molecule has 0 bridgehead atoms. The van der Waals surface area contributed by atoms with E-state index in [0.717, 1.165) is 36.3 Å². The van der Waals surface area contributed by atoms with Crippen LogP contribution in [-0.2, 0) is 17.6 Å². The summed E-state index contributed by atoms with van der Waals surface area (Å²) in [5, 5.41) is 7.41. The molecule has 0 radical (unpaired) electrons. The van der Waals surface area contributed by atoms with Crippen molar-refractivity contribution < 1.29 is 9.59 Å². The number of amides is 1. The van der Waals surface area contributed by atoms with Gasteiger partial charge in [-0.25, -0.2) is 4.98 Å². The molecule has 0 unspecified atom stereocenters. The lowest BCUT2D eigenvalue weighted by molar-refractivity contribution is -0.116. The summed E-state index contributed by atoms with van der Waals surface area (Å²) >= 11 is 1.36. The minimum atomic E-state index is -0.270. The third kappa shape index (κ3) is 3.76. The van der Waals surface area contributed by atoms with E-state index in [9.17, 15) is 9.59 Å². The Balaban J connectivity index is 1.71. The number of aromatic nitrogens is 3. The third-order valence-corrected chi connectivity index (χ3v) is 5.25. The lowest BCUT2D eigenvalue weighted by Gasteiger charge is -2.15. The zero-order valence-corrected chi connectivity index (χ0v) is 15.5. The van der Waals surface area contributed by atoms with E-state index < -0.39 is 0 Å². The van der Waals surface area contributed by atoms with Gasteiger partial charge >= 0.3 is 0 Å². The molecule has 1 aliphatic heterocycles. The van der Waals surface area contributed by atoms with Crippen LogP contribution in [0.15, 0.2) is 23.4 Å². The van der Waals surface area contributed by atoms with Crippen LogP contribution in [0.25, 0.3) is 0 Å². The summed E-state index contributed by atoms with van der Waals surface area (Å²) in [6.07, 6.45) is 2.65. The van der Waals surface area contributed by atoms with Crippen molar-refractivity contribution in [3.05, 3.63) is 35.2 Å². The molecule has 0 saturated carbocycles. The summed E-state index contributed by atoms with van der Waals surface area (Å²) < 4.78 is 0. The van der Waals surface area contributed by atoms with Crippen LogP contribution in [0.1, 0.15) is 48.9 Å². The van der Waals surface area contributed by atoms with Gasteiger partial charge in [-0.2, -0.15) is 0 Å². The third-order valence-electron chi connectivity index (χ3n) is 4.29. The van der Waals surface area contributed by atoms with Crippen molar-refractivity contribution in [2.75, 3.05) is 11.4 Å². The summed E-state index contributed by atoms with van der Waals surface area (Å²) in [5.41, 5.74) is 2.65. The first-order valence-electron chi connectivity index (χ1n) is 8.52. The molecule has 0 spiro atoms. The van der Waals surface area contributed by atoms with E-state index in [1.54, 1.807) is 17.9 Å². The van der Waals surface area contributed by atoms with E-state index in [-0.39, 0.29) is 16.9 Å². The number of benzene rings is 1. The van der Waals surface area contributed by atoms with Crippen molar-refractivity contribution in [2.45, 2.75) is 50.4 Å². The molecule has 25 heavy (non-hydrogen) atoms. The molecule has 1 aliphatic rings. The van der Waals surface area contributed by atoms with E-state index in [1.165, 1.54) is 11.8 Å². The number of anilines is 1. The molecule has 0 fully saturated rings. The molecule has 1 amide bonds. The number of aryl methyl sites for hydroxylation is 1. The van der Waals surface area contributed by atoms with Gasteiger partial charge in [-0.15, -0.1) is 5.10 Å². The van der Waals surface area contributed by atoms with Crippen LogP contribution in [0.2, 0.25) is 0 Å². The van der Waals surface area contributed by atoms with E-state index in [1.807, 2.05) is 19.1 Å². The van der Waals surface area contributed by atoms with E-state index in [4.69, 9.17) is 0 Å². The van der Waals surface area contributed by atoms with Gasteiger partial charge in [0.1, 0.15) is 5.82 Å². The number of thioether (sulfide) groups is 1. The molecule has 1 aromatic heterocycles. The fourth-order valence-corrected chi connectivity index (χ4v) is 3.83. The first-order valence-corrected chi connectivity index (χ1v) is 9.40. The lowest BCUT2D eigenvalue weighted by Crippen LogP contribution is -2.25. The second-order valence-electron chi connectivity index (χ2n) is 6.20. The predicted octanol–water partition coefficient (Wildman–Crippen LogP) is 3.03. The lowest BCUT2D eigenvalue weighted by atomic mass is 10.0. The number of hydrogen-bond acceptors (Lipinski definition) is 5. The van der Waals surface area contributed by atoms with Gasteiger partial charge in [0, 0.05) is 31.1 Å². The van der Waals surface area contributed by atoms with Gasteiger partial charge in [-0.1, -0.05) is 18.7 Å². The topological polar surface area (TPSA) is 79.0 Å². The van der Waals surface area contributed by atoms with Gasteiger partial charge in [-0.05, 0) is 43.5 Å². The standard InChI is InChI=1S/C18H22N4O2S/c1-4-5-16-19-18(21-20-16)25-11(2)17(24)14-6-7-15-13(10-14)8-9-22(15)12(3)23/h6-7,10-11H,4-5,8-9H2,1-3H3,(H,19,20,21)/t11-/m1/s1. The normalized spacial score (nSPS) is 14.4. The highest BCUT2D eigenvalue weighted by Gasteiger charge is 2.25. The average Bonchev–Trinajstić information content (AvgIpc) is 3.20. The number of aromatic amines is 1. The highest BCUT2D eigenvalue weighted by molar-refractivity contribution is 8.00. The fourth-order valence-electron chi connectivity index (χ4n) is 3.01. The molecule has 1 N–H and O–H groups in total. The molecule has 1 aromatic carbocycles. The quantitative estimate of drug-likeness (QED) is 0.634. The second kappa shape index (κ2) is 7.39. The molecule has 2 heterocycles. The van der Waals surface area contributed by atoms with Gasteiger partial charge in [-0.3, -0.25) is 14.7 Å². The molecular weight excluding hydrogens is 336 g/mol. The molecular formula is C18H22N4O2S. The average molecular weight is 358 g/mol. The number of carbonyl (C=O) groups excluding carboxylic acids is 2. The maximum Gasteiger partial charge on any atom is 0.223 e. The molecule has 6 nitrogen and oxygen atoms in total. The minimum absolute atomic E-state index is 0.0363. The molecule has 132 valence electrons. The Morgan fingerprint density at radius 3 is 2.92 bits per heavy atom. The van der Waals surface area contributed by atoms with Crippen LogP contribution in [0, 0.1) is 0 Å². The number of nitrogens with one attached hydrogen (secondary N) is 1. The number of carbonyl (C=O) groups is 2. The van der Waals surface area contributed by atoms with E-state index >= 15 is 0 Å². The van der Waals surface area contributed by atoms with Crippen LogP contribution in [-0.4, -0.2) is 38.7 Å². The van der Waals surface area contributed by atoms with Crippen molar-refractivity contribution >= 4 is 29.1 Å². The summed E-state index contributed by atoms with van der Waals surface area (Å²) in [7, 11) is 0. The van der Waals surface area contributed by atoms with E-state index in [0.29, 0.717) is 17.3 Å². The van der Waals surface area contributed by atoms with Crippen molar-refractivity contribution in [3.63, 3.8) is 0 Å². The summed E-state index contributed by atoms with van der Waals surface area (Å²) in [4.78, 5) is 30.5. The maximum atomic E-state index is 12.7. The molecule has 0 saturated heterocycles. The molecule has 1 atom stereocenters. The van der Waals surface area contributed by atoms with Crippen molar-refractivity contribution in [3.8, 4) is 0 Å². The number of fused-ring (bicyclic) bond motifs is 1. The first-order chi connectivity index (χ1) is 12.0. The Kier molecular flexibility index (Phi) is 5.22. The Hall–Kier alpha value is -2.15. The Morgan fingerprint density at radius 1 is 1.40 bits per heavy atom. The monoisotopic (exact) mass is 358 g/mol. The molecule has 3 rings (SSSR count). The van der Waals surface area contributed by atoms with Crippen molar-refractivity contribution in [2.24, 2.45) is 0 Å². The number of Topliss-reactive ketones (excluding diaryl/α,β-unsaturated/α-hetero) is 1. The predicted molar refractivity (Wildman–Crippen MR) is 98.2 cm³/mol. The van der Waals surface area contributed by atoms with Crippen LogP contribution in [0.5, 0.6) is 0 Å². The number of nitrogens with zero attached hydrogens (tertiary/aromatic N) is 3. The molecule has 0 aliphatic carbocycles. The van der Waals surface area contributed by atoms with Gasteiger partial charge < -0.3 is 4.90 Å². The number of ketones is 1. The maximum absolute atomic E-state index is 12.7. The Bertz CT molecular complexity index is 802. The zero-order valence-electron chi connectivity index (χ0n) is 14.7. The Labute approximate surface area is 151 Å². The number of H-pyrrole nitrogens is 1. The van der Waals surface area contributed by atoms with Crippen LogP contribution < -0.4 is 4.90 Å². The largest absolute Gasteiger partial charge is 0.312 e. The molecule has 7 heteroatoms. The summed E-state index contributed by atoms with van der Waals surface area (Å²) in [6.45, 7) is 6.21. The van der Waals surface area contributed by atoms with Gasteiger partial charge in [0.2, 0.25) is 11.1 Å². The highest BCUT2D eigenvalue weighted by atomic mass is 32.2. The minimum Gasteiger partial charge on any atom is -0.312 e. The smallest absolute Gasteiger partial charge is 0.223 e. The fraction of sp³-hybridized carbons (Fsp3) is 0.444. The second-order valence-corrected chi connectivity index (χ2v) is 7.51. The van der Waals surface area contributed by atoms with Gasteiger partial charge in [0.05, 0.1) is 5.25 Å². The first kappa shape index (κ1) is 17.7. The summed E-state index contributed by atoms with van der Waals surface area (Å²) in [5.74, 6) is 0.941. The SMILES string of the molecule is CCCc1nc(S[C@H](C)C(=O)c2ccc3c(c2)CCN3C(C)=O)n[nH]1. The van der Waals surface area contributed by atoms with Crippen molar-refractivity contribution in [1.82, 2.24) is 15.2 Å². The summed E-state index contributed by atoms with van der Waals surface area (Å²) in [6, 6.07) is 5.60. The molecule has 2 aromatic rings. The van der Waals surface area contributed by atoms with Crippen LogP contribution >= 0.6 is 11.8 Å². The van der Waals surface area contributed by atoms with Crippen LogP contribution in [0.4, 0.5) is 5.69 Å². The Morgan fingerprint density at radius 2 is 2.20 bits per heavy atom. The van der Waals surface area contributed by atoms with Crippen LogP contribution in [0.3, 0.4) is 0 Å². The van der Waals surface area contributed by atoms with Gasteiger partial charge in [0.25, 0.3) is 0 Å². The zero-order chi connectivity index (χ0) is 18.0. The number of hydrogen-bond donors (Lipinski definition) is 1.